The molecule has 0 radical (unpaired) electrons. The second-order valence-corrected chi connectivity index (χ2v) is 8.36. The molecule has 0 aromatic heterocycles. The van der Waals surface area contributed by atoms with Gasteiger partial charge in [-0.15, -0.1) is 0 Å². The van der Waals surface area contributed by atoms with Gasteiger partial charge in [0.05, 0.1) is 12.1 Å². The van der Waals surface area contributed by atoms with Crippen LogP contribution in [0.15, 0.2) is 24.3 Å². The molecule has 1 saturated heterocycles. The summed E-state index contributed by atoms with van der Waals surface area (Å²) in [6.07, 6.45) is 16.1. The predicted molar refractivity (Wildman–Crippen MR) is 104 cm³/mol. The molecule has 0 N–H and O–H groups in total. The Morgan fingerprint density at radius 3 is 2.50 bits per heavy atom. The number of carbonyl (C=O) groups is 2. The molecule has 1 saturated carbocycles. The van der Waals surface area contributed by atoms with Crippen molar-refractivity contribution < 1.29 is 9.59 Å². The molecule has 0 aromatic rings. The first-order valence-electron chi connectivity index (χ1n) is 10.00. The zero-order valence-electron chi connectivity index (χ0n) is 16.5. The van der Waals surface area contributed by atoms with Crippen LogP contribution in [0.5, 0.6) is 0 Å². The molecule has 5 nitrogen and oxygen atoms in total. The van der Waals surface area contributed by atoms with Gasteiger partial charge in [-0.1, -0.05) is 31.2 Å². The van der Waals surface area contributed by atoms with E-state index in [0.29, 0.717) is 12.5 Å². The minimum atomic E-state index is -0.0934. The van der Waals surface area contributed by atoms with Gasteiger partial charge in [-0.3, -0.25) is 0 Å². The highest BCUT2D eigenvalue weighted by molar-refractivity contribution is 5.80. The monoisotopic (exact) mass is 359 g/mol. The number of carbonyl (C=O) groups excluding carboxylic acids is 2. The highest BCUT2D eigenvalue weighted by atomic mass is 16.2. The summed E-state index contributed by atoms with van der Waals surface area (Å²) in [5.74, 6) is 0.530. The van der Waals surface area contributed by atoms with Gasteiger partial charge in [0.25, 0.3) is 0 Å². The lowest BCUT2D eigenvalue weighted by Crippen LogP contribution is -2.59. The fraction of sp³-hybridized carbons (Fsp3) is 0.714. The number of aldehydes is 1. The number of nitrogens with zero attached hydrogens (tertiary/aromatic N) is 3. The van der Waals surface area contributed by atoms with Crippen LogP contribution in [0, 0.1) is 5.92 Å². The quantitative estimate of drug-likeness (QED) is 0.685. The molecular formula is C21H33N3O2. The van der Waals surface area contributed by atoms with Gasteiger partial charge < -0.3 is 19.5 Å². The Balaban J connectivity index is 1.82. The van der Waals surface area contributed by atoms with Crippen LogP contribution in [0.1, 0.15) is 45.4 Å². The van der Waals surface area contributed by atoms with Crippen molar-refractivity contribution in [3.63, 3.8) is 0 Å². The Kier molecular flexibility index (Phi) is 5.56. The van der Waals surface area contributed by atoms with Crippen molar-refractivity contribution in [3.8, 4) is 0 Å². The van der Waals surface area contributed by atoms with Crippen LogP contribution in [-0.2, 0) is 4.79 Å². The van der Waals surface area contributed by atoms with Crippen LogP contribution in [0.4, 0.5) is 4.79 Å². The van der Waals surface area contributed by atoms with E-state index in [2.05, 4.69) is 55.1 Å². The predicted octanol–water partition coefficient (Wildman–Crippen LogP) is 3.08. The zero-order valence-corrected chi connectivity index (χ0v) is 16.5. The second kappa shape index (κ2) is 7.55. The molecule has 3 rings (SSSR count). The Hall–Kier alpha value is -1.62. The van der Waals surface area contributed by atoms with Gasteiger partial charge in [-0.05, 0) is 58.5 Å². The Morgan fingerprint density at radius 2 is 1.96 bits per heavy atom. The van der Waals surface area contributed by atoms with Crippen LogP contribution < -0.4 is 0 Å². The van der Waals surface area contributed by atoms with Crippen LogP contribution in [-0.4, -0.2) is 71.8 Å². The maximum atomic E-state index is 12.8. The van der Waals surface area contributed by atoms with E-state index in [1.807, 2.05) is 0 Å². The molecule has 26 heavy (non-hydrogen) atoms. The molecule has 1 heterocycles. The number of allylic oxidation sites excluding steroid dienone is 3. The normalized spacial score (nSPS) is 34.3. The fourth-order valence-corrected chi connectivity index (χ4v) is 5.38. The van der Waals surface area contributed by atoms with E-state index in [-0.39, 0.29) is 23.7 Å². The van der Waals surface area contributed by atoms with Crippen molar-refractivity contribution in [2.45, 2.75) is 56.5 Å². The summed E-state index contributed by atoms with van der Waals surface area (Å²) in [5.41, 5.74) is 0.0648. The van der Waals surface area contributed by atoms with Gasteiger partial charge in [0.2, 0.25) is 0 Å². The van der Waals surface area contributed by atoms with E-state index >= 15 is 0 Å². The van der Waals surface area contributed by atoms with Gasteiger partial charge in [0, 0.05) is 18.6 Å². The summed E-state index contributed by atoms with van der Waals surface area (Å²) in [6, 6.07) is 0.0526. The summed E-state index contributed by atoms with van der Waals surface area (Å²) in [4.78, 5) is 30.1. The molecule has 1 aliphatic heterocycles. The number of hydrogen-bond donors (Lipinski definition) is 0. The van der Waals surface area contributed by atoms with E-state index in [4.69, 9.17) is 0 Å². The fourth-order valence-electron chi connectivity index (χ4n) is 5.38. The average molecular weight is 360 g/mol. The third-order valence-electron chi connectivity index (χ3n) is 6.91. The molecule has 0 bridgehead atoms. The van der Waals surface area contributed by atoms with Crippen LogP contribution in [0.2, 0.25) is 0 Å². The summed E-state index contributed by atoms with van der Waals surface area (Å²) in [7, 11) is 4.40. The van der Waals surface area contributed by atoms with Gasteiger partial charge in [0.15, 0.2) is 0 Å². The van der Waals surface area contributed by atoms with Crippen molar-refractivity contribution in [1.82, 2.24) is 14.7 Å². The molecule has 1 unspecified atom stereocenters. The topological polar surface area (TPSA) is 43.9 Å². The maximum absolute atomic E-state index is 12.8. The zero-order chi connectivity index (χ0) is 18.8. The van der Waals surface area contributed by atoms with E-state index < -0.39 is 0 Å². The van der Waals surface area contributed by atoms with Crippen molar-refractivity contribution in [2.24, 2.45) is 5.92 Å². The number of amides is 2. The van der Waals surface area contributed by atoms with Crippen molar-refractivity contribution in [2.75, 3.05) is 33.7 Å². The molecule has 144 valence electrons. The molecule has 0 aromatic carbocycles. The number of hydrogen-bond acceptors (Lipinski definition) is 3. The maximum Gasteiger partial charge on any atom is 0.321 e. The molecule has 5 heteroatoms. The Bertz CT molecular complexity index is 588. The van der Waals surface area contributed by atoms with Gasteiger partial charge in [-0.2, -0.15) is 0 Å². The highest BCUT2D eigenvalue weighted by Crippen LogP contribution is 2.48. The summed E-state index contributed by atoms with van der Waals surface area (Å²) in [5, 5.41) is 0. The Labute approximate surface area is 157 Å². The SMILES string of the molecule is CCCN1C(=O)N(CC=O)CC12CCC(C1C=CC=CC1)(N(C)C)CC2. The smallest absolute Gasteiger partial charge is 0.317 e. The summed E-state index contributed by atoms with van der Waals surface area (Å²) in [6.45, 7) is 3.83. The minimum absolute atomic E-state index is 0.0526. The average Bonchev–Trinajstić information content (AvgIpc) is 2.89. The first kappa shape index (κ1) is 19.2. The van der Waals surface area contributed by atoms with Crippen LogP contribution in [0.25, 0.3) is 0 Å². The largest absolute Gasteiger partial charge is 0.321 e. The molecular weight excluding hydrogens is 326 g/mol. The van der Waals surface area contributed by atoms with Crippen molar-refractivity contribution in [1.29, 1.82) is 0 Å². The Morgan fingerprint density at radius 1 is 1.23 bits per heavy atom. The lowest BCUT2D eigenvalue weighted by molar-refractivity contribution is -0.108. The van der Waals surface area contributed by atoms with E-state index in [1.165, 1.54) is 0 Å². The molecule has 1 atom stereocenters. The summed E-state index contributed by atoms with van der Waals surface area (Å²) >= 11 is 0. The second-order valence-electron chi connectivity index (χ2n) is 8.36. The van der Waals surface area contributed by atoms with Crippen molar-refractivity contribution in [3.05, 3.63) is 24.3 Å². The minimum Gasteiger partial charge on any atom is -0.317 e. The first-order valence-corrected chi connectivity index (χ1v) is 10.00. The van der Waals surface area contributed by atoms with Gasteiger partial charge in [-0.25, -0.2) is 4.79 Å². The standard InChI is InChI=1S/C21H33N3O2/c1-4-14-24-19(26)23(15-16-25)17-20(24)10-12-21(13-11-20,22(2)3)18-8-6-5-7-9-18/h5-8,16,18H,4,9-15,17H2,1-3H3. The number of urea groups is 1. The summed E-state index contributed by atoms with van der Waals surface area (Å²) < 4.78 is 0. The first-order chi connectivity index (χ1) is 12.5. The third kappa shape index (κ3) is 3.11. The lowest BCUT2D eigenvalue weighted by Gasteiger charge is -2.53. The highest BCUT2D eigenvalue weighted by Gasteiger charge is 2.54. The van der Waals surface area contributed by atoms with Gasteiger partial charge >= 0.3 is 6.03 Å². The van der Waals surface area contributed by atoms with Crippen LogP contribution in [0.3, 0.4) is 0 Å². The molecule has 1 spiro atoms. The molecule has 3 aliphatic rings. The molecule has 2 fully saturated rings. The number of rotatable bonds is 6. The van der Waals surface area contributed by atoms with E-state index in [0.717, 1.165) is 51.4 Å². The molecule has 2 amide bonds. The third-order valence-corrected chi connectivity index (χ3v) is 6.91. The molecule has 2 aliphatic carbocycles. The van der Waals surface area contributed by atoms with E-state index in [1.54, 1.807) is 4.90 Å². The van der Waals surface area contributed by atoms with E-state index in [9.17, 15) is 9.59 Å². The van der Waals surface area contributed by atoms with Gasteiger partial charge in [0.1, 0.15) is 6.29 Å². The van der Waals surface area contributed by atoms with Crippen LogP contribution >= 0.6 is 0 Å². The lowest BCUT2D eigenvalue weighted by atomic mass is 9.64. The van der Waals surface area contributed by atoms with Crippen molar-refractivity contribution >= 4 is 12.3 Å².